The van der Waals surface area contributed by atoms with Gasteiger partial charge in [-0.05, 0) is 61.8 Å². The summed E-state index contributed by atoms with van der Waals surface area (Å²) in [5.41, 5.74) is 0.268. The van der Waals surface area contributed by atoms with Crippen LogP contribution in [0.4, 0.5) is 5.95 Å². The van der Waals surface area contributed by atoms with Crippen LogP contribution >= 0.6 is 15.9 Å². The second-order valence-electron chi connectivity index (χ2n) is 9.21. The Labute approximate surface area is 163 Å². The summed E-state index contributed by atoms with van der Waals surface area (Å²) < 4.78 is 0.334. The first-order chi connectivity index (χ1) is 12.5. The minimum absolute atomic E-state index is 0.268. The predicted molar refractivity (Wildman–Crippen MR) is 104 cm³/mol. The van der Waals surface area contributed by atoms with Gasteiger partial charge in [-0.25, -0.2) is 9.97 Å². The summed E-state index contributed by atoms with van der Waals surface area (Å²) in [5.74, 6) is 2.84. The van der Waals surface area contributed by atoms with E-state index in [9.17, 15) is 4.79 Å². The Morgan fingerprint density at radius 2 is 1.73 bits per heavy atom. The number of hydrogen-bond donors (Lipinski definition) is 0. The SMILES string of the molecule is O=C(CC12C[C@H]3C[C@@H](CC(Br)(C3)C1)C2)N1CCN(c2ncccn2)CC1. The lowest BCUT2D eigenvalue weighted by molar-refractivity contribution is -0.138. The fraction of sp³-hybridized carbons (Fsp3) is 0.750. The first-order valence-corrected chi connectivity index (χ1v) is 10.8. The molecule has 4 aliphatic carbocycles. The molecular weight excluding hydrogens is 392 g/mol. The minimum atomic E-state index is 0.268. The van der Waals surface area contributed by atoms with Crippen molar-refractivity contribution >= 4 is 27.8 Å². The fourth-order valence-electron chi connectivity index (χ4n) is 6.59. The maximum atomic E-state index is 13.1. The van der Waals surface area contributed by atoms with Gasteiger partial charge in [0.25, 0.3) is 0 Å². The summed E-state index contributed by atoms with van der Waals surface area (Å²) in [7, 11) is 0. The van der Waals surface area contributed by atoms with E-state index in [-0.39, 0.29) is 5.41 Å². The zero-order valence-corrected chi connectivity index (χ0v) is 16.8. The average molecular weight is 419 g/mol. The van der Waals surface area contributed by atoms with Gasteiger partial charge in [-0.15, -0.1) is 0 Å². The van der Waals surface area contributed by atoms with E-state index in [0.717, 1.165) is 50.4 Å². The molecule has 26 heavy (non-hydrogen) atoms. The van der Waals surface area contributed by atoms with Gasteiger partial charge in [0.05, 0.1) is 0 Å². The van der Waals surface area contributed by atoms with Crippen molar-refractivity contribution in [2.45, 2.75) is 49.3 Å². The molecule has 5 nitrogen and oxygen atoms in total. The van der Waals surface area contributed by atoms with Crippen LogP contribution in [0.3, 0.4) is 0 Å². The van der Waals surface area contributed by atoms with Gasteiger partial charge in [-0.1, -0.05) is 15.9 Å². The lowest BCUT2D eigenvalue weighted by atomic mass is 9.48. The number of aromatic nitrogens is 2. The molecule has 2 heterocycles. The zero-order chi connectivity index (χ0) is 17.8. The van der Waals surface area contributed by atoms with Crippen molar-refractivity contribution in [3.63, 3.8) is 0 Å². The largest absolute Gasteiger partial charge is 0.339 e. The number of alkyl halides is 1. The van der Waals surface area contributed by atoms with Gasteiger partial charge in [0.1, 0.15) is 0 Å². The van der Waals surface area contributed by atoms with E-state index in [1.807, 2.05) is 6.07 Å². The highest BCUT2D eigenvalue weighted by Gasteiger charge is 2.57. The summed E-state index contributed by atoms with van der Waals surface area (Å²) in [6, 6.07) is 1.84. The molecule has 1 amide bonds. The van der Waals surface area contributed by atoms with E-state index in [1.54, 1.807) is 12.4 Å². The van der Waals surface area contributed by atoms with Crippen LogP contribution in [-0.4, -0.2) is 51.3 Å². The molecule has 5 aliphatic rings. The fourth-order valence-corrected chi connectivity index (χ4v) is 8.10. The molecule has 0 unspecified atom stereocenters. The van der Waals surface area contributed by atoms with E-state index in [1.165, 1.54) is 38.5 Å². The molecule has 6 rings (SSSR count). The standard InChI is InChI=1S/C20H27BrN4O/c21-20-11-15-8-16(12-20)10-19(9-15,14-20)13-17(26)24-4-6-25(7-5-24)18-22-2-1-3-23-18/h1-3,15-16H,4-14H2/t15-,16-,19?,20?/m1/s1. The minimum Gasteiger partial charge on any atom is -0.339 e. The molecule has 4 bridgehead atoms. The Morgan fingerprint density at radius 1 is 1.08 bits per heavy atom. The lowest BCUT2D eigenvalue weighted by Crippen LogP contribution is -2.55. The highest BCUT2D eigenvalue weighted by atomic mass is 79.9. The van der Waals surface area contributed by atoms with Crippen molar-refractivity contribution in [3.05, 3.63) is 18.5 Å². The van der Waals surface area contributed by atoms with Crippen LogP contribution in [0.5, 0.6) is 0 Å². The van der Waals surface area contributed by atoms with E-state index in [2.05, 4.69) is 35.7 Å². The third kappa shape index (κ3) is 3.04. The zero-order valence-electron chi connectivity index (χ0n) is 15.2. The Kier molecular flexibility index (Phi) is 4.03. The molecule has 2 atom stereocenters. The summed E-state index contributed by atoms with van der Waals surface area (Å²) in [6.07, 6.45) is 12.1. The van der Waals surface area contributed by atoms with Gasteiger partial charge in [-0.2, -0.15) is 0 Å². The van der Waals surface area contributed by atoms with Crippen molar-refractivity contribution in [2.75, 3.05) is 31.1 Å². The number of anilines is 1. The average Bonchev–Trinajstić information content (AvgIpc) is 2.60. The number of hydrogen-bond acceptors (Lipinski definition) is 4. The first kappa shape index (κ1) is 17.0. The monoisotopic (exact) mass is 418 g/mol. The summed E-state index contributed by atoms with van der Waals surface area (Å²) in [6.45, 7) is 3.24. The molecule has 0 radical (unpaired) electrons. The number of piperazine rings is 1. The van der Waals surface area contributed by atoms with E-state index >= 15 is 0 Å². The van der Waals surface area contributed by atoms with E-state index < -0.39 is 0 Å². The van der Waals surface area contributed by atoms with Crippen LogP contribution in [-0.2, 0) is 4.79 Å². The van der Waals surface area contributed by atoms with Crippen molar-refractivity contribution in [3.8, 4) is 0 Å². The van der Waals surface area contributed by atoms with E-state index in [0.29, 0.717) is 10.2 Å². The Balaban J connectivity index is 1.22. The summed E-state index contributed by atoms with van der Waals surface area (Å²) in [5, 5.41) is 0. The summed E-state index contributed by atoms with van der Waals surface area (Å²) >= 11 is 4.07. The second-order valence-corrected chi connectivity index (χ2v) is 10.9. The van der Waals surface area contributed by atoms with Gasteiger partial charge in [-0.3, -0.25) is 4.79 Å². The molecule has 0 N–H and O–H groups in total. The molecule has 140 valence electrons. The quantitative estimate of drug-likeness (QED) is 0.706. The lowest BCUT2D eigenvalue weighted by Gasteiger charge is -2.60. The Bertz CT molecular complexity index is 674. The molecule has 1 aromatic rings. The van der Waals surface area contributed by atoms with Crippen LogP contribution in [0.1, 0.15) is 44.9 Å². The van der Waals surface area contributed by atoms with Crippen molar-refractivity contribution in [1.82, 2.24) is 14.9 Å². The molecule has 1 aromatic heterocycles. The Hall–Kier alpha value is -1.17. The van der Waals surface area contributed by atoms with Crippen molar-refractivity contribution < 1.29 is 4.79 Å². The summed E-state index contributed by atoms with van der Waals surface area (Å²) in [4.78, 5) is 26.0. The van der Waals surface area contributed by atoms with Crippen molar-refractivity contribution in [2.24, 2.45) is 17.3 Å². The van der Waals surface area contributed by atoms with Crippen molar-refractivity contribution in [1.29, 1.82) is 0 Å². The molecule has 1 saturated heterocycles. The third-order valence-corrected chi connectivity index (χ3v) is 8.03. The van der Waals surface area contributed by atoms with Gasteiger partial charge in [0, 0.05) is 49.3 Å². The highest BCUT2D eigenvalue weighted by molar-refractivity contribution is 9.10. The maximum Gasteiger partial charge on any atom is 0.225 e. The van der Waals surface area contributed by atoms with E-state index in [4.69, 9.17) is 0 Å². The molecule has 6 heteroatoms. The molecule has 0 spiro atoms. The van der Waals surface area contributed by atoms with Gasteiger partial charge in [0.2, 0.25) is 11.9 Å². The smallest absolute Gasteiger partial charge is 0.225 e. The molecular formula is C20H27BrN4O. The predicted octanol–water partition coefficient (Wildman–Crippen LogP) is 3.25. The van der Waals surface area contributed by atoms with Gasteiger partial charge < -0.3 is 9.80 Å². The highest BCUT2D eigenvalue weighted by Crippen LogP contribution is 2.65. The number of carbonyl (C=O) groups is 1. The Morgan fingerprint density at radius 3 is 2.35 bits per heavy atom. The van der Waals surface area contributed by atoms with Gasteiger partial charge >= 0.3 is 0 Å². The van der Waals surface area contributed by atoms with Crippen LogP contribution in [0.25, 0.3) is 0 Å². The number of amides is 1. The van der Waals surface area contributed by atoms with Crippen LogP contribution in [0, 0.1) is 17.3 Å². The topological polar surface area (TPSA) is 49.3 Å². The van der Waals surface area contributed by atoms with Gasteiger partial charge in [0.15, 0.2) is 0 Å². The molecule has 5 fully saturated rings. The number of rotatable bonds is 3. The number of carbonyl (C=O) groups excluding carboxylic acids is 1. The first-order valence-electron chi connectivity index (χ1n) is 10.0. The molecule has 0 aromatic carbocycles. The molecule has 1 aliphatic heterocycles. The number of nitrogens with zero attached hydrogens (tertiary/aromatic N) is 4. The van der Waals surface area contributed by atoms with Crippen LogP contribution in [0.15, 0.2) is 18.5 Å². The molecule has 4 saturated carbocycles. The second kappa shape index (κ2) is 6.18. The maximum absolute atomic E-state index is 13.1. The van der Waals surface area contributed by atoms with Crippen LogP contribution in [0.2, 0.25) is 0 Å². The number of halogens is 1. The normalized spacial score (nSPS) is 38.7. The third-order valence-electron chi connectivity index (χ3n) is 7.10. The van der Waals surface area contributed by atoms with Crippen LogP contribution < -0.4 is 4.90 Å².